The van der Waals surface area contributed by atoms with Gasteiger partial charge in [0.25, 0.3) is 0 Å². The van der Waals surface area contributed by atoms with E-state index in [4.69, 9.17) is 0 Å². The van der Waals surface area contributed by atoms with E-state index in [9.17, 15) is 0 Å². The van der Waals surface area contributed by atoms with E-state index in [1.165, 1.54) is 93.0 Å². The van der Waals surface area contributed by atoms with Gasteiger partial charge in [-0.25, -0.2) is 0 Å². The molecule has 0 bridgehead atoms. The molecule has 0 aliphatic carbocycles. The second-order valence-electron chi connectivity index (χ2n) is 11.0. The minimum absolute atomic E-state index is 1.29. The molecular weight excluding hydrogens is 565 g/mol. The monoisotopic (exact) mass is 588 g/mol. The quantitative estimate of drug-likeness (QED) is 0.123. The molecule has 0 amide bonds. The third-order valence-electron chi connectivity index (χ3n) is 7.99. The SMILES string of the molecule is Cc1ccc2c(c1)sc1c3sc4cc(C)ccc4n4c5ccc(C)cc5sc(c5sc6cc(C)ccc6n2c15)c34. The Morgan fingerprint density at radius 2 is 0.625 bits per heavy atom. The van der Waals surface area contributed by atoms with Crippen LogP contribution in [0.1, 0.15) is 22.3 Å². The average Bonchev–Trinajstić information content (AvgIpc) is 2.93. The lowest BCUT2D eigenvalue weighted by Gasteiger charge is -2.20. The molecule has 0 aliphatic rings. The summed E-state index contributed by atoms with van der Waals surface area (Å²) in [4.78, 5) is 0. The summed E-state index contributed by atoms with van der Waals surface area (Å²) < 4.78 is 15.9. The molecule has 0 N–H and O–H groups in total. The molecule has 0 unspecified atom stereocenters. The van der Waals surface area contributed by atoms with Crippen LogP contribution in [0.2, 0.25) is 0 Å². The number of benzene rings is 5. The third-order valence-corrected chi connectivity index (χ3v) is 12.8. The largest absolute Gasteiger partial charge is 0.305 e. The second-order valence-corrected chi connectivity index (χ2v) is 15.2. The van der Waals surface area contributed by atoms with Crippen molar-refractivity contribution in [3.05, 3.63) is 95.1 Å². The van der Waals surface area contributed by atoms with Gasteiger partial charge in [0.1, 0.15) is 0 Å². The minimum Gasteiger partial charge on any atom is -0.305 e. The van der Waals surface area contributed by atoms with Crippen LogP contribution in [-0.4, -0.2) is 8.80 Å². The van der Waals surface area contributed by atoms with Crippen LogP contribution < -0.4 is 0 Å². The van der Waals surface area contributed by atoms with E-state index in [1.807, 2.05) is 45.3 Å². The predicted octanol–water partition coefficient (Wildman–Crippen LogP) is 11.7. The highest BCUT2D eigenvalue weighted by Gasteiger charge is 2.22. The second kappa shape index (κ2) is 8.08. The first-order chi connectivity index (χ1) is 19.4. The van der Waals surface area contributed by atoms with E-state index in [1.54, 1.807) is 0 Å². The van der Waals surface area contributed by atoms with Gasteiger partial charge >= 0.3 is 0 Å². The number of aromatic nitrogens is 2. The van der Waals surface area contributed by atoms with Gasteiger partial charge in [0.2, 0.25) is 0 Å². The number of aryl methyl sites for hydroxylation is 4. The van der Waals surface area contributed by atoms with Crippen LogP contribution in [0.25, 0.3) is 70.7 Å². The zero-order chi connectivity index (χ0) is 26.9. The lowest BCUT2D eigenvalue weighted by molar-refractivity contribution is 1.32. The number of hydrogen-bond acceptors (Lipinski definition) is 4. The summed E-state index contributed by atoms with van der Waals surface area (Å²) in [5.74, 6) is 0. The van der Waals surface area contributed by atoms with E-state index >= 15 is 0 Å². The zero-order valence-electron chi connectivity index (χ0n) is 22.5. The molecule has 5 aromatic carbocycles. The van der Waals surface area contributed by atoms with Gasteiger partial charge in [-0.1, -0.05) is 24.3 Å². The molecule has 2 nitrogen and oxygen atoms in total. The molecule has 40 heavy (non-hydrogen) atoms. The van der Waals surface area contributed by atoms with Crippen molar-refractivity contribution in [2.75, 3.05) is 0 Å². The van der Waals surface area contributed by atoms with Crippen LogP contribution >= 0.6 is 45.3 Å². The average molecular weight is 589 g/mol. The summed E-state index contributed by atoms with van der Waals surface area (Å²) in [6, 6.07) is 27.7. The summed E-state index contributed by atoms with van der Waals surface area (Å²) in [6.07, 6.45) is 0. The highest BCUT2D eigenvalue weighted by atomic mass is 32.1. The number of fused-ring (bicyclic) bond motifs is 10. The smallest absolute Gasteiger partial charge is 0.0838 e. The van der Waals surface area contributed by atoms with Crippen molar-refractivity contribution in [2.24, 2.45) is 0 Å². The number of hydrogen-bond donors (Lipinski definition) is 0. The van der Waals surface area contributed by atoms with Crippen LogP contribution in [0.4, 0.5) is 0 Å². The number of rotatable bonds is 0. The molecule has 4 heterocycles. The fraction of sp³-hybridized carbons (Fsp3) is 0.118. The maximum Gasteiger partial charge on any atom is 0.0838 e. The maximum atomic E-state index is 2.56. The van der Waals surface area contributed by atoms with Gasteiger partial charge in [0, 0.05) is 0 Å². The topological polar surface area (TPSA) is 8.82 Å². The van der Waals surface area contributed by atoms with Gasteiger partial charge in [-0.3, -0.25) is 0 Å². The van der Waals surface area contributed by atoms with Crippen molar-refractivity contribution in [2.45, 2.75) is 27.7 Å². The normalized spacial score (nSPS) is 12.5. The molecule has 4 aromatic heterocycles. The Bertz CT molecular complexity index is 2240. The van der Waals surface area contributed by atoms with Gasteiger partial charge in [-0.15, -0.1) is 45.3 Å². The molecule has 0 saturated carbocycles. The van der Waals surface area contributed by atoms with Crippen molar-refractivity contribution in [1.29, 1.82) is 0 Å². The van der Waals surface area contributed by atoms with E-state index in [0.29, 0.717) is 0 Å². The fourth-order valence-corrected chi connectivity index (χ4v) is 11.6. The standard InChI is InChI=1S/C34H24N2S4/c1-17-5-9-21-25(13-17)37-31-29-33(39-26-14-18(2)6-10-22(26)35(21)29)34-30-32(31)38-27-15-19(3)7-11-23(27)36(30)24-12-8-20(4)16-28(24)40-34/h5-16H,1-4H3. The molecule has 9 rings (SSSR count). The molecule has 9 aromatic rings. The third kappa shape index (κ3) is 3.08. The maximum absolute atomic E-state index is 2.56. The van der Waals surface area contributed by atoms with Gasteiger partial charge in [-0.2, -0.15) is 0 Å². The summed E-state index contributed by atoms with van der Waals surface area (Å²) in [5.41, 5.74) is 13.0. The Kier molecular flexibility index (Phi) is 4.70. The van der Waals surface area contributed by atoms with Crippen molar-refractivity contribution in [3.8, 4) is 0 Å². The van der Waals surface area contributed by atoms with Crippen molar-refractivity contribution in [3.63, 3.8) is 0 Å². The van der Waals surface area contributed by atoms with Crippen molar-refractivity contribution in [1.82, 2.24) is 8.80 Å². The fourth-order valence-electron chi connectivity index (χ4n) is 6.15. The van der Waals surface area contributed by atoms with Gasteiger partial charge in [0.05, 0.1) is 70.7 Å². The Labute approximate surface area is 246 Å². The molecule has 0 saturated heterocycles. The van der Waals surface area contributed by atoms with Crippen molar-refractivity contribution < 1.29 is 0 Å². The van der Waals surface area contributed by atoms with Gasteiger partial charge in [-0.05, 0) is 98.5 Å². The zero-order valence-corrected chi connectivity index (χ0v) is 25.7. The van der Waals surface area contributed by atoms with Gasteiger partial charge in [0.15, 0.2) is 0 Å². The molecule has 0 aliphatic heterocycles. The molecule has 0 fully saturated rings. The molecule has 6 heteroatoms. The lowest BCUT2D eigenvalue weighted by Crippen LogP contribution is -1.99. The highest BCUT2D eigenvalue weighted by Crippen LogP contribution is 2.49. The Hall–Kier alpha value is -3.42. The first-order valence-corrected chi connectivity index (χ1v) is 16.7. The first kappa shape index (κ1) is 23.3. The minimum atomic E-state index is 1.29. The van der Waals surface area contributed by atoms with Crippen LogP contribution in [0.5, 0.6) is 0 Å². The van der Waals surface area contributed by atoms with Gasteiger partial charge < -0.3 is 8.80 Å². The molecule has 194 valence electrons. The summed E-state index contributed by atoms with van der Waals surface area (Å²) >= 11 is 7.81. The van der Waals surface area contributed by atoms with Crippen molar-refractivity contribution >= 4 is 116 Å². The first-order valence-electron chi connectivity index (χ1n) is 13.4. The van der Waals surface area contributed by atoms with E-state index in [2.05, 4.69) is 109 Å². The molecule has 0 atom stereocenters. The van der Waals surface area contributed by atoms with E-state index < -0.39 is 0 Å². The Morgan fingerprint density at radius 3 is 0.875 bits per heavy atom. The van der Waals surface area contributed by atoms with Crippen LogP contribution in [0, 0.1) is 27.7 Å². The molecule has 0 radical (unpaired) electrons. The molecular formula is C34H24N2S4. The summed E-state index contributed by atoms with van der Waals surface area (Å²) in [5, 5.41) is 0. The van der Waals surface area contributed by atoms with Crippen LogP contribution in [0.15, 0.2) is 72.8 Å². The lowest BCUT2D eigenvalue weighted by atomic mass is 10.2. The van der Waals surface area contributed by atoms with E-state index in [-0.39, 0.29) is 0 Å². The number of nitrogens with zero attached hydrogens (tertiary/aromatic N) is 2. The Balaban J connectivity index is 1.71. The van der Waals surface area contributed by atoms with Crippen LogP contribution in [-0.2, 0) is 0 Å². The summed E-state index contributed by atoms with van der Waals surface area (Å²) in [7, 11) is 0. The van der Waals surface area contributed by atoms with E-state index in [0.717, 1.165) is 0 Å². The predicted molar refractivity (Wildman–Crippen MR) is 181 cm³/mol. The van der Waals surface area contributed by atoms with Crippen LogP contribution in [0.3, 0.4) is 0 Å². The Morgan fingerprint density at radius 1 is 0.375 bits per heavy atom. The summed E-state index contributed by atoms with van der Waals surface area (Å²) in [6.45, 7) is 8.81. The molecule has 0 spiro atoms. The highest BCUT2D eigenvalue weighted by molar-refractivity contribution is 7.36.